The summed E-state index contributed by atoms with van der Waals surface area (Å²) in [5.74, 6) is -3.16. The fourth-order valence-electron chi connectivity index (χ4n) is 5.67. The van der Waals surface area contributed by atoms with Gasteiger partial charge in [0, 0.05) is 34.1 Å². The molecule has 0 bridgehead atoms. The van der Waals surface area contributed by atoms with Gasteiger partial charge in [-0.15, -0.1) is 0 Å². The summed E-state index contributed by atoms with van der Waals surface area (Å²) < 4.78 is 0. The Balaban J connectivity index is 1.49. The molecule has 4 aromatic carbocycles. The van der Waals surface area contributed by atoms with Crippen LogP contribution in [0.4, 0.5) is 22.7 Å². The molecule has 0 unspecified atom stereocenters. The van der Waals surface area contributed by atoms with Crippen molar-refractivity contribution in [2.75, 3.05) is 9.80 Å². The molecular formula is C43H36N2O4. The van der Waals surface area contributed by atoms with Crippen LogP contribution in [0.25, 0.3) is 11.1 Å². The van der Waals surface area contributed by atoms with Crippen LogP contribution in [0, 0.1) is 0 Å². The van der Waals surface area contributed by atoms with Crippen LogP contribution in [0.1, 0.15) is 18.1 Å². The Hall–Kier alpha value is -6.66. The highest BCUT2D eigenvalue weighted by atomic mass is 16.3. The van der Waals surface area contributed by atoms with Gasteiger partial charge in [0.1, 0.15) is 0 Å². The van der Waals surface area contributed by atoms with Crippen molar-refractivity contribution in [2.24, 2.45) is 0 Å². The molecule has 6 heteroatoms. The number of hydrogen-bond acceptors (Lipinski definition) is 6. The summed E-state index contributed by atoms with van der Waals surface area (Å²) in [5.41, 5.74) is 4.92. The maximum absolute atomic E-state index is 13.6. The molecule has 0 heterocycles. The molecule has 0 spiro atoms. The first-order valence-electron chi connectivity index (χ1n) is 15.6. The largest absolute Gasteiger partial charge is 0.504 e. The molecule has 1 aliphatic carbocycles. The van der Waals surface area contributed by atoms with Gasteiger partial charge in [-0.3, -0.25) is 9.59 Å². The average Bonchev–Trinajstić information content (AvgIpc) is 3.13. The van der Waals surface area contributed by atoms with Crippen molar-refractivity contribution in [2.45, 2.75) is 6.92 Å². The average molecular weight is 645 g/mol. The van der Waals surface area contributed by atoms with Gasteiger partial charge < -0.3 is 20.0 Å². The van der Waals surface area contributed by atoms with E-state index in [-0.39, 0.29) is 16.7 Å². The first-order valence-corrected chi connectivity index (χ1v) is 15.6. The van der Waals surface area contributed by atoms with Crippen molar-refractivity contribution in [3.05, 3.63) is 206 Å². The maximum atomic E-state index is 13.6. The molecule has 0 radical (unpaired) electrons. The third-order valence-electron chi connectivity index (χ3n) is 7.86. The minimum Gasteiger partial charge on any atom is -0.504 e. The molecule has 1 aliphatic rings. The lowest BCUT2D eigenvalue weighted by Crippen LogP contribution is -2.23. The standard InChI is InChI=1S/C43H36N2O4/c1-5-15-32(8-4)44(34-18-11-9-12-19-34)36-26-22-30(23-27-36)38-40(46)42(48)39(43(49)41(38)47)31-24-28-37(29-25-31)45(33(16-6-2)17-7-3)35-20-13-10-14-21-35/h5-29,46,49H,1-2,4H2,3H3/b17-7-,32-15+,33-16+. The lowest BCUT2D eigenvalue weighted by molar-refractivity contribution is -0.116. The summed E-state index contributed by atoms with van der Waals surface area (Å²) >= 11 is 0. The summed E-state index contributed by atoms with van der Waals surface area (Å²) in [6, 6.07) is 33.0. The van der Waals surface area contributed by atoms with Gasteiger partial charge in [-0.05, 0) is 90.9 Å². The quantitative estimate of drug-likeness (QED) is 0.118. The lowest BCUT2D eigenvalue weighted by atomic mass is 9.86. The molecule has 2 N–H and O–H groups in total. The van der Waals surface area contributed by atoms with E-state index in [1.54, 1.807) is 66.8 Å². The number of aliphatic hydroxyl groups excluding tert-OH is 2. The number of carbonyl (C=O) groups is 2. The van der Waals surface area contributed by atoms with Gasteiger partial charge in [-0.25, -0.2) is 0 Å². The van der Waals surface area contributed by atoms with Crippen molar-refractivity contribution in [3.63, 3.8) is 0 Å². The third-order valence-corrected chi connectivity index (χ3v) is 7.86. The summed E-state index contributed by atoms with van der Waals surface area (Å²) in [7, 11) is 0. The molecule has 6 nitrogen and oxygen atoms in total. The number of ketones is 2. The normalized spacial score (nSPS) is 13.9. The Morgan fingerprint density at radius 1 is 0.551 bits per heavy atom. The van der Waals surface area contributed by atoms with Gasteiger partial charge in [0.15, 0.2) is 11.5 Å². The van der Waals surface area contributed by atoms with Crippen LogP contribution in [0.2, 0.25) is 0 Å². The Bertz CT molecular complexity index is 2050. The monoisotopic (exact) mass is 644 g/mol. The number of benzene rings is 4. The Labute approximate surface area is 286 Å². The zero-order chi connectivity index (χ0) is 34.9. The third kappa shape index (κ3) is 6.89. The predicted octanol–water partition coefficient (Wildman–Crippen LogP) is 10.3. The van der Waals surface area contributed by atoms with Crippen LogP contribution in [0.15, 0.2) is 194 Å². The van der Waals surface area contributed by atoms with Crippen molar-refractivity contribution in [1.29, 1.82) is 0 Å². The first-order chi connectivity index (χ1) is 23.8. The number of allylic oxidation sites excluding steroid dienone is 9. The fourth-order valence-corrected chi connectivity index (χ4v) is 5.67. The number of Topliss-reactive ketones (excluding diaryl/α,β-unsaturated/α-hetero) is 2. The summed E-state index contributed by atoms with van der Waals surface area (Å²) in [6.45, 7) is 13.5. The minimum atomic E-state index is -0.850. The van der Waals surface area contributed by atoms with Crippen LogP contribution in [-0.4, -0.2) is 21.8 Å². The number of aliphatic hydroxyl groups is 2. The van der Waals surface area contributed by atoms with Crippen LogP contribution < -0.4 is 9.80 Å². The molecule has 0 atom stereocenters. The molecule has 0 amide bonds. The van der Waals surface area contributed by atoms with Crippen molar-refractivity contribution in [1.82, 2.24) is 0 Å². The molecule has 5 rings (SSSR count). The van der Waals surface area contributed by atoms with Crippen LogP contribution in [-0.2, 0) is 9.59 Å². The molecule has 0 aromatic heterocycles. The highest BCUT2D eigenvalue weighted by Gasteiger charge is 2.36. The highest BCUT2D eigenvalue weighted by Crippen LogP contribution is 2.38. The first kappa shape index (κ1) is 33.7. The number of carbonyl (C=O) groups excluding carboxylic acids is 2. The van der Waals surface area contributed by atoms with E-state index in [2.05, 4.69) is 19.7 Å². The zero-order valence-corrected chi connectivity index (χ0v) is 27.2. The summed E-state index contributed by atoms with van der Waals surface area (Å²) in [5, 5.41) is 22.3. The molecule has 4 aromatic rings. The topological polar surface area (TPSA) is 81.1 Å². The molecule has 0 saturated heterocycles. The van der Waals surface area contributed by atoms with Crippen LogP contribution >= 0.6 is 0 Å². The van der Waals surface area contributed by atoms with Gasteiger partial charge in [-0.1, -0.05) is 98.6 Å². The molecule has 0 fully saturated rings. The van der Waals surface area contributed by atoms with E-state index in [9.17, 15) is 19.8 Å². The molecule has 242 valence electrons. The van der Waals surface area contributed by atoms with E-state index in [0.29, 0.717) is 5.56 Å². The number of rotatable bonds is 12. The SMILES string of the molecule is C=C/C=C(\C=C)N(c1ccccc1)c1ccc(C2=C(O)C(=O)C(c3ccc(N(C(/C=C\C)=C/C=C)c4ccccc4)cc3)=C(O)C2=O)cc1. The molecule has 0 saturated carbocycles. The van der Waals surface area contributed by atoms with E-state index in [4.69, 9.17) is 0 Å². The van der Waals surface area contributed by atoms with Gasteiger partial charge in [0.05, 0.1) is 11.1 Å². The van der Waals surface area contributed by atoms with Gasteiger partial charge >= 0.3 is 0 Å². The smallest absolute Gasteiger partial charge is 0.232 e. The molecular weight excluding hydrogens is 608 g/mol. The van der Waals surface area contributed by atoms with Crippen molar-refractivity contribution >= 4 is 45.5 Å². The molecule has 0 aliphatic heterocycles. The zero-order valence-electron chi connectivity index (χ0n) is 27.2. The number of hydrogen-bond donors (Lipinski definition) is 2. The van der Waals surface area contributed by atoms with E-state index in [1.165, 1.54) is 0 Å². The Morgan fingerprint density at radius 3 is 1.29 bits per heavy atom. The lowest BCUT2D eigenvalue weighted by Gasteiger charge is -2.27. The highest BCUT2D eigenvalue weighted by molar-refractivity contribution is 6.46. The van der Waals surface area contributed by atoms with E-state index < -0.39 is 23.1 Å². The van der Waals surface area contributed by atoms with E-state index in [0.717, 1.165) is 34.1 Å². The Morgan fingerprint density at radius 2 is 0.918 bits per heavy atom. The maximum Gasteiger partial charge on any atom is 0.232 e. The van der Waals surface area contributed by atoms with E-state index in [1.807, 2.05) is 102 Å². The van der Waals surface area contributed by atoms with Gasteiger partial charge in [-0.2, -0.15) is 0 Å². The fraction of sp³-hybridized carbons (Fsp3) is 0.0233. The molecule has 49 heavy (non-hydrogen) atoms. The second-order valence-electron chi connectivity index (χ2n) is 10.9. The summed E-state index contributed by atoms with van der Waals surface area (Å²) in [6.07, 6.45) is 12.6. The van der Waals surface area contributed by atoms with Crippen LogP contribution in [0.3, 0.4) is 0 Å². The second-order valence-corrected chi connectivity index (χ2v) is 10.9. The predicted molar refractivity (Wildman–Crippen MR) is 201 cm³/mol. The summed E-state index contributed by atoms with van der Waals surface area (Å²) in [4.78, 5) is 31.1. The minimum absolute atomic E-state index is 0.267. The van der Waals surface area contributed by atoms with E-state index >= 15 is 0 Å². The number of para-hydroxylation sites is 2. The Kier molecular flexibility index (Phi) is 10.5. The van der Waals surface area contributed by atoms with Gasteiger partial charge in [0.25, 0.3) is 0 Å². The number of nitrogens with zero attached hydrogens (tertiary/aromatic N) is 2. The van der Waals surface area contributed by atoms with Crippen molar-refractivity contribution < 1.29 is 19.8 Å². The number of anilines is 4. The van der Waals surface area contributed by atoms with Gasteiger partial charge in [0.2, 0.25) is 11.6 Å². The van der Waals surface area contributed by atoms with Crippen molar-refractivity contribution in [3.8, 4) is 0 Å². The second kappa shape index (κ2) is 15.3. The van der Waals surface area contributed by atoms with Crippen LogP contribution in [0.5, 0.6) is 0 Å².